The largest absolute Gasteiger partial charge is 0.393 e. The summed E-state index contributed by atoms with van der Waals surface area (Å²) in [6, 6.07) is 0. The van der Waals surface area contributed by atoms with E-state index in [2.05, 4.69) is 25.7 Å². The number of hydrogen-bond donors (Lipinski definition) is 3. The molecular weight excluding hydrogens is 360 g/mol. The fraction of sp³-hybridized carbons (Fsp3) is 0.769. The molecule has 3 nitrogen and oxygen atoms in total. The van der Waals surface area contributed by atoms with Crippen molar-refractivity contribution in [2.75, 3.05) is 0 Å². The molecule has 3 rings (SSSR count). The van der Waals surface area contributed by atoms with Gasteiger partial charge in [-0.3, -0.25) is 0 Å². The summed E-state index contributed by atoms with van der Waals surface area (Å²) in [5.74, 6) is 1.46. The van der Waals surface area contributed by atoms with Crippen LogP contribution < -0.4 is 0 Å². The van der Waals surface area contributed by atoms with E-state index in [1.807, 2.05) is 13.8 Å². The molecule has 3 N–H and O–H groups in total. The number of hydrogen-bond acceptors (Lipinski definition) is 3. The first-order valence-corrected chi connectivity index (χ1v) is 11.8. The minimum absolute atomic E-state index is 0.403. The van der Waals surface area contributed by atoms with Crippen LogP contribution in [0.15, 0.2) is 35.5 Å². The Balaban J connectivity index is 1.65. The second kappa shape index (κ2) is 9.08. The van der Waals surface area contributed by atoms with Gasteiger partial charge in [0.1, 0.15) is 0 Å². The van der Waals surface area contributed by atoms with E-state index in [9.17, 15) is 15.3 Å². The van der Waals surface area contributed by atoms with E-state index in [0.717, 1.165) is 29.9 Å². The second-order valence-electron chi connectivity index (χ2n) is 10.8. The average molecular weight is 403 g/mol. The topological polar surface area (TPSA) is 60.7 Å². The van der Waals surface area contributed by atoms with Gasteiger partial charge in [-0.2, -0.15) is 0 Å². The van der Waals surface area contributed by atoms with Crippen LogP contribution in [-0.4, -0.2) is 33.1 Å². The summed E-state index contributed by atoms with van der Waals surface area (Å²) >= 11 is 0. The van der Waals surface area contributed by atoms with Gasteiger partial charge in [-0.15, -0.1) is 0 Å². The van der Waals surface area contributed by atoms with Crippen LogP contribution in [0.25, 0.3) is 0 Å². The number of rotatable bonds is 6. The first-order valence-electron chi connectivity index (χ1n) is 11.8. The summed E-state index contributed by atoms with van der Waals surface area (Å²) in [6.07, 6.45) is 15.2. The zero-order valence-corrected chi connectivity index (χ0v) is 18.8. The van der Waals surface area contributed by atoms with Gasteiger partial charge in [-0.25, -0.2) is 0 Å². The monoisotopic (exact) mass is 402 g/mol. The molecule has 0 aliphatic heterocycles. The highest BCUT2D eigenvalue weighted by Crippen LogP contribution is 2.58. The van der Waals surface area contributed by atoms with Crippen LogP contribution in [0.1, 0.15) is 91.4 Å². The predicted octanol–water partition coefficient (Wildman–Crippen LogP) is 5.46. The van der Waals surface area contributed by atoms with Crippen molar-refractivity contribution in [3.8, 4) is 0 Å². The molecule has 3 heteroatoms. The number of aliphatic hydroxyl groups is 3. The van der Waals surface area contributed by atoms with Crippen molar-refractivity contribution in [1.82, 2.24) is 0 Å². The molecule has 3 unspecified atom stereocenters. The Morgan fingerprint density at radius 2 is 1.93 bits per heavy atom. The molecule has 3 saturated carbocycles. The lowest BCUT2D eigenvalue weighted by molar-refractivity contribution is 0.0659. The molecule has 0 spiro atoms. The highest BCUT2D eigenvalue weighted by atomic mass is 16.3. The Bertz CT molecular complexity index is 653. The lowest BCUT2D eigenvalue weighted by Crippen LogP contribution is -2.33. The zero-order chi connectivity index (χ0) is 21.2. The van der Waals surface area contributed by atoms with Crippen LogP contribution in [0.5, 0.6) is 0 Å². The summed E-state index contributed by atoms with van der Waals surface area (Å²) in [5, 5.41) is 30.1. The molecule has 164 valence electrons. The molecule has 0 radical (unpaired) electrons. The van der Waals surface area contributed by atoms with Crippen LogP contribution in [0.4, 0.5) is 0 Å². The number of unbranched alkanes of at least 4 members (excludes halogenated alkanes) is 1. The van der Waals surface area contributed by atoms with Gasteiger partial charge < -0.3 is 15.3 Å². The van der Waals surface area contributed by atoms with Crippen molar-refractivity contribution in [3.63, 3.8) is 0 Å². The molecule has 0 aromatic carbocycles. The molecule has 29 heavy (non-hydrogen) atoms. The Morgan fingerprint density at radius 1 is 1.17 bits per heavy atom. The average Bonchev–Trinajstić information content (AvgIpc) is 2.96. The van der Waals surface area contributed by atoms with Crippen LogP contribution in [0, 0.1) is 17.3 Å². The minimum Gasteiger partial charge on any atom is -0.393 e. The summed E-state index contributed by atoms with van der Waals surface area (Å²) in [6.45, 7) is 10.4. The van der Waals surface area contributed by atoms with Crippen molar-refractivity contribution in [2.45, 2.75) is 109 Å². The van der Waals surface area contributed by atoms with Gasteiger partial charge >= 0.3 is 0 Å². The lowest BCUT2D eigenvalue weighted by Gasteiger charge is -2.42. The fourth-order valence-corrected chi connectivity index (χ4v) is 6.23. The van der Waals surface area contributed by atoms with Gasteiger partial charge in [0.05, 0.1) is 17.8 Å². The van der Waals surface area contributed by atoms with Gasteiger partial charge in [0.2, 0.25) is 0 Å². The zero-order valence-electron chi connectivity index (χ0n) is 18.8. The molecule has 5 atom stereocenters. The third-order valence-corrected chi connectivity index (χ3v) is 8.02. The van der Waals surface area contributed by atoms with Crippen LogP contribution >= 0.6 is 0 Å². The lowest BCUT2D eigenvalue weighted by atomic mass is 9.62. The number of allylic oxidation sites excluding steroid dienone is 3. The standard InChI is InChI=1S/C26H42O3/c1-18-20(16-22(27)17-24(18)28)11-10-19-8-7-15-26(4)21(12-13-23(19)26)9-5-6-14-25(2,3)29/h10-11,21-24,27-29H,1,5-9,12-17H2,2-4H3/b19-10+,20-11-/t21?,22?,23?,24-,26+/m0/s1. The third kappa shape index (κ3) is 5.42. The SMILES string of the molecule is C=C1/C(=C\C=C2/CCC[C@]3(C)C(CCCCC(C)(C)O)CCC23)CC(O)C[C@@H]1O. The van der Waals surface area contributed by atoms with Crippen LogP contribution in [-0.2, 0) is 0 Å². The summed E-state index contributed by atoms with van der Waals surface area (Å²) in [5.41, 5.74) is 3.22. The van der Waals surface area contributed by atoms with Crippen molar-refractivity contribution >= 4 is 0 Å². The van der Waals surface area contributed by atoms with Gasteiger partial charge in [0.15, 0.2) is 0 Å². The molecule has 0 aromatic heterocycles. The van der Waals surface area contributed by atoms with Gasteiger partial charge in [-0.1, -0.05) is 44.1 Å². The molecule has 3 aliphatic rings. The first-order chi connectivity index (χ1) is 13.6. The van der Waals surface area contributed by atoms with Crippen LogP contribution in [0.2, 0.25) is 0 Å². The van der Waals surface area contributed by atoms with Crippen LogP contribution in [0.3, 0.4) is 0 Å². The van der Waals surface area contributed by atoms with E-state index in [0.29, 0.717) is 24.2 Å². The highest BCUT2D eigenvalue weighted by molar-refractivity contribution is 5.38. The molecule has 0 saturated heterocycles. The van der Waals surface area contributed by atoms with Crippen molar-refractivity contribution in [2.24, 2.45) is 17.3 Å². The van der Waals surface area contributed by atoms with E-state index in [1.165, 1.54) is 44.9 Å². The Morgan fingerprint density at radius 3 is 2.66 bits per heavy atom. The molecule has 3 fully saturated rings. The quantitative estimate of drug-likeness (QED) is 0.517. The van der Waals surface area contributed by atoms with Gasteiger partial charge in [0, 0.05) is 6.42 Å². The maximum Gasteiger partial charge on any atom is 0.0811 e. The van der Waals surface area contributed by atoms with Crippen molar-refractivity contribution in [3.05, 3.63) is 35.5 Å². The second-order valence-corrected chi connectivity index (χ2v) is 10.8. The summed E-state index contributed by atoms with van der Waals surface area (Å²) in [4.78, 5) is 0. The normalized spacial score (nSPS) is 38.6. The summed E-state index contributed by atoms with van der Waals surface area (Å²) in [7, 11) is 0. The third-order valence-electron chi connectivity index (χ3n) is 8.02. The van der Waals surface area contributed by atoms with E-state index >= 15 is 0 Å². The van der Waals surface area contributed by atoms with Crippen molar-refractivity contribution in [1.29, 1.82) is 0 Å². The molecule has 0 amide bonds. The first kappa shape index (κ1) is 22.8. The fourth-order valence-electron chi connectivity index (χ4n) is 6.23. The molecular formula is C26H42O3. The van der Waals surface area contributed by atoms with E-state index in [4.69, 9.17) is 0 Å². The maximum atomic E-state index is 10.1. The van der Waals surface area contributed by atoms with E-state index in [-0.39, 0.29) is 0 Å². The Kier molecular flexibility index (Phi) is 7.13. The molecule has 0 aromatic rings. The smallest absolute Gasteiger partial charge is 0.0811 e. The van der Waals surface area contributed by atoms with Crippen molar-refractivity contribution < 1.29 is 15.3 Å². The Labute approximate surface area is 177 Å². The number of fused-ring (bicyclic) bond motifs is 1. The summed E-state index contributed by atoms with van der Waals surface area (Å²) < 4.78 is 0. The highest BCUT2D eigenvalue weighted by Gasteiger charge is 2.48. The Hall–Kier alpha value is -0.900. The molecule has 3 aliphatic carbocycles. The van der Waals surface area contributed by atoms with E-state index < -0.39 is 17.8 Å². The van der Waals surface area contributed by atoms with Gasteiger partial charge in [-0.05, 0) is 93.6 Å². The number of aliphatic hydroxyl groups excluding tert-OH is 2. The minimum atomic E-state index is -0.611. The molecule has 0 bridgehead atoms. The maximum absolute atomic E-state index is 10.1. The van der Waals surface area contributed by atoms with Gasteiger partial charge in [0.25, 0.3) is 0 Å². The predicted molar refractivity (Wildman–Crippen MR) is 119 cm³/mol. The van der Waals surface area contributed by atoms with E-state index in [1.54, 1.807) is 5.57 Å². The molecule has 0 heterocycles.